The summed E-state index contributed by atoms with van der Waals surface area (Å²) in [5.74, 6) is 0.491. The van der Waals surface area contributed by atoms with Gasteiger partial charge >= 0.3 is 12.4 Å². The number of aromatic nitrogens is 2. The average Bonchev–Trinajstić information content (AvgIpc) is 3.34. The van der Waals surface area contributed by atoms with Crippen LogP contribution in [0.25, 0.3) is 0 Å². The van der Waals surface area contributed by atoms with E-state index in [0.29, 0.717) is 36.6 Å². The molecule has 0 spiro atoms. The van der Waals surface area contributed by atoms with Gasteiger partial charge in [0.25, 0.3) is 5.91 Å². The van der Waals surface area contributed by atoms with Crippen LogP contribution >= 0.6 is 0 Å². The van der Waals surface area contributed by atoms with Gasteiger partial charge in [-0.2, -0.15) is 31.4 Å². The van der Waals surface area contributed by atoms with Gasteiger partial charge in [-0.25, -0.2) is 4.68 Å². The Hall–Kier alpha value is -3.00. The molecule has 2 aromatic rings. The van der Waals surface area contributed by atoms with Gasteiger partial charge in [0, 0.05) is 6.07 Å². The van der Waals surface area contributed by atoms with Gasteiger partial charge in [-0.1, -0.05) is 6.07 Å². The molecule has 1 aromatic heterocycles. The molecule has 2 aliphatic heterocycles. The number of ether oxygens (including phenoxy) is 3. The fraction of sp³-hybridized carbons (Fsp3) is 0.545. The Morgan fingerprint density at radius 2 is 1.97 bits per heavy atom. The third-order valence-corrected chi connectivity index (χ3v) is 5.51. The number of carbonyl (C=O) groups excluding carboxylic acids is 1. The Balaban J connectivity index is 1.25. The zero-order valence-electron chi connectivity index (χ0n) is 18.9. The SMILES string of the molecule is O=C(N[C@H]1COc2ccc(COCC(F)(F)F)cc2C1)c1cc2n(n1)C[C@H](CCNCC(F)(F)F)O2. The summed E-state index contributed by atoms with van der Waals surface area (Å²) in [5.41, 5.74) is 1.41. The number of amides is 1. The van der Waals surface area contributed by atoms with Crippen LogP contribution in [0.5, 0.6) is 11.6 Å². The number of benzene rings is 1. The Kier molecular flexibility index (Phi) is 7.64. The Labute approximate surface area is 201 Å². The van der Waals surface area contributed by atoms with Crippen molar-refractivity contribution in [2.45, 2.75) is 50.5 Å². The molecule has 0 aliphatic carbocycles. The van der Waals surface area contributed by atoms with Gasteiger partial charge in [-0.05, 0) is 42.6 Å². The average molecular weight is 522 g/mol. The highest BCUT2D eigenvalue weighted by Gasteiger charge is 2.30. The highest BCUT2D eigenvalue weighted by Crippen LogP contribution is 2.28. The molecule has 0 saturated heterocycles. The molecular weight excluding hydrogens is 498 g/mol. The predicted octanol–water partition coefficient (Wildman–Crippen LogP) is 3.00. The second kappa shape index (κ2) is 10.5. The highest BCUT2D eigenvalue weighted by atomic mass is 19.4. The van der Waals surface area contributed by atoms with Crippen molar-refractivity contribution in [3.63, 3.8) is 0 Å². The summed E-state index contributed by atoms with van der Waals surface area (Å²) in [6, 6.07) is 6.05. The first kappa shape index (κ1) is 26.1. The maximum Gasteiger partial charge on any atom is 0.411 e. The molecule has 2 atom stereocenters. The van der Waals surface area contributed by atoms with Gasteiger partial charge in [-0.15, -0.1) is 0 Å². The number of halogens is 6. The van der Waals surface area contributed by atoms with Crippen molar-refractivity contribution in [3.05, 3.63) is 41.1 Å². The standard InChI is InChI=1S/C22H24F6N4O4/c23-21(24,25)11-29-4-3-16-8-32-19(36-16)7-17(31-32)20(33)30-15-6-14-5-13(1-2-18(14)35-10-15)9-34-12-22(26,27)28/h1-2,5,7,15-16,29H,3-4,6,8-12H2,(H,30,33)/t15-,16+/m1/s1. The van der Waals surface area contributed by atoms with Gasteiger partial charge in [0.2, 0.25) is 5.88 Å². The predicted molar refractivity (Wildman–Crippen MR) is 113 cm³/mol. The lowest BCUT2D eigenvalue weighted by molar-refractivity contribution is -0.176. The van der Waals surface area contributed by atoms with Gasteiger partial charge in [-0.3, -0.25) is 4.79 Å². The second-order valence-electron chi connectivity index (χ2n) is 8.61. The summed E-state index contributed by atoms with van der Waals surface area (Å²) in [5, 5.41) is 9.35. The third-order valence-electron chi connectivity index (χ3n) is 5.51. The van der Waals surface area contributed by atoms with E-state index in [4.69, 9.17) is 14.2 Å². The van der Waals surface area contributed by atoms with Crippen molar-refractivity contribution >= 4 is 5.91 Å². The first-order valence-electron chi connectivity index (χ1n) is 11.2. The summed E-state index contributed by atoms with van der Waals surface area (Å²) in [7, 11) is 0. The first-order chi connectivity index (χ1) is 16.9. The normalized spacial score (nSPS) is 19.3. The van der Waals surface area contributed by atoms with Crippen molar-refractivity contribution in [2.24, 2.45) is 0 Å². The maximum absolute atomic E-state index is 12.7. The quantitative estimate of drug-likeness (QED) is 0.389. The zero-order valence-corrected chi connectivity index (χ0v) is 18.9. The summed E-state index contributed by atoms with van der Waals surface area (Å²) in [4.78, 5) is 12.7. The summed E-state index contributed by atoms with van der Waals surface area (Å²) in [6.07, 6.45) is -8.26. The fourth-order valence-electron chi connectivity index (χ4n) is 3.95. The number of nitrogens with zero attached hydrogens (tertiary/aromatic N) is 2. The number of rotatable bonds is 9. The minimum Gasteiger partial charge on any atom is -0.491 e. The zero-order chi connectivity index (χ0) is 25.9. The molecule has 1 amide bonds. The van der Waals surface area contributed by atoms with E-state index in [1.54, 1.807) is 18.2 Å². The van der Waals surface area contributed by atoms with E-state index < -0.39 is 31.4 Å². The molecule has 198 valence electrons. The van der Waals surface area contributed by atoms with Crippen molar-refractivity contribution in [3.8, 4) is 11.6 Å². The number of fused-ring (bicyclic) bond motifs is 2. The molecule has 14 heteroatoms. The number of hydrogen-bond donors (Lipinski definition) is 2. The molecule has 1 aromatic carbocycles. The number of carbonyl (C=O) groups is 1. The molecule has 0 bridgehead atoms. The molecule has 8 nitrogen and oxygen atoms in total. The molecule has 36 heavy (non-hydrogen) atoms. The Morgan fingerprint density at radius 1 is 1.17 bits per heavy atom. The van der Waals surface area contributed by atoms with Crippen molar-refractivity contribution in [2.75, 3.05) is 26.3 Å². The lowest BCUT2D eigenvalue weighted by atomic mass is 10.0. The molecule has 2 aliphatic rings. The Morgan fingerprint density at radius 3 is 2.69 bits per heavy atom. The molecule has 0 unspecified atom stereocenters. The third kappa shape index (κ3) is 7.26. The van der Waals surface area contributed by atoms with E-state index >= 15 is 0 Å². The van der Waals surface area contributed by atoms with E-state index in [1.165, 1.54) is 10.7 Å². The molecule has 0 saturated carbocycles. The van der Waals surface area contributed by atoms with Gasteiger partial charge < -0.3 is 24.8 Å². The topological polar surface area (TPSA) is 86.6 Å². The monoisotopic (exact) mass is 522 g/mol. The number of hydrogen-bond acceptors (Lipinski definition) is 6. The van der Waals surface area contributed by atoms with Gasteiger partial charge in [0.1, 0.15) is 25.1 Å². The summed E-state index contributed by atoms with van der Waals surface area (Å²) < 4.78 is 90.9. The summed E-state index contributed by atoms with van der Waals surface area (Å²) >= 11 is 0. The van der Waals surface area contributed by atoms with Gasteiger partial charge in [0.15, 0.2) is 5.69 Å². The van der Waals surface area contributed by atoms with Crippen LogP contribution < -0.4 is 20.1 Å². The Bertz CT molecular complexity index is 1050. The molecule has 3 heterocycles. The lowest BCUT2D eigenvalue weighted by Crippen LogP contribution is -2.43. The smallest absolute Gasteiger partial charge is 0.411 e. The first-order valence-corrected chi connectivity index (χ1v) is 11.2. The lowest BCUT2D eigenvalue weighted by Gasteiger charge is -2.26. The molecule has 4 rings (SSSR count). The van der Waals surface area contributed by atoms with Crippen LogP contribution in [-0.2, 0) is 24.3 Å². The van der Waals surface area contributed by atoms with Crippen LogP contribution in [-0.4, -0.2) is 66.5 Å². The van der Waals surface area contributed by atoms with E-state index in [0.717, 1.165) is 5.56 Å². The minimum absolute atomic E-state index is 0.124. The fourth-order valence-corrected chi connectivity index (χ4v) is 3.95. The molecule has 2 N–H and O–H groups in total. The van der Waals surface area contributed by atoms with Crippen molar-refractivity contribution < 1.29 is 45.3 Å². The van der Waals surface area contributed by atoms with Crippen LogP contribution in [0.1, 0.15) is 28.0 Å². The van der Waals surface area contributed by atoms with Crippen LogP contribution in [0.4, 0.5) is 26.3 Å². The van der Waals surface area contributed by atoms with Crippen molar-refractivity contribution in [1.82, 2.24) is 20.4 Å². The second-order valence-corrected chi connectivity index (χ2v) is 8.61. The number of nitrogens with one attached hydrogen (secondary N) is 2. The van der Waals surface area contributed by atoms with Gasteiger partial charge in [0.05, 0.1) is 25.7 Å². The highest BCUT2D eigenvalue weighted by molar-refractivity contribution is 5.92. The maximum atomic E-state index is 12.7. The van der Waals surface area contributed by atoms with Crippen LogP contribution in [0, 0.1) is 0 Å². The molecule has 0 radical (unpaired) electrons. The van der Waals surface area contributed by atoms with Crippen LogP contribution in [0.3, 0.4) is 0 Å². The van der Waals surface area contributed by atoms with Crippen molar-refractivity contribution in [1.29, 1.82) is 0 Å². The van der Waals surface area contributed by atoms with Crippen LogP contribution in [0.2, 0.25) is 0 Å². The van der Waals surface area contributed by atoms with E-state index in [1.807, 2.05) is 0 Å². The van der Waals surface area contributed by atoms with E-state index in [-0.39, 0.29) is 37.6 Å². The van der Waals surface area contributed by atoms with E-state index in [9.17, 15) is 31.1 Å². The molecular formula is C22H24F6N4O4. The summed E-state index contributed by atoms with van der Waals surface area (Å²) in [6.45, 7) is -1.97. The van der Waals surface area contributed by atoms with Crippen LogP contribution in [0.15, 0.2) is 24.3 Å². The molecule has 0 fully saturated rings. The number of alkyl halides is 6. The largest absolute Gasteiger partial charge is 0.491 e. The van der Waals surface area contributed by atoms with E-state index in [2.05, 4.69) is 15.7 Å². The minimum atomic E-state index is -4.40.